The second kappa shape index (κ2) is 10.9. The molecule has 200 valence electrons. The van der Waals surface area contributed by atoms with Crippen molar-refractivity contribution in [2.24, 2.45) is 5.92 Å². The van der Waals surface area contributed by atoms with Crippen LogP contribution in [-0.2, 0) is 28.4 Å². The van der Waals surface area contributed by atoms with E-state index in [1.54, 1.807) is 6.07 Å². The molecule has 4 aromatic rings. The van der Waals surface area contributed by atoms with Crippen LogP contribution in [0.15, 0.2) is 72.3 Å². The molecule has 0 saturated carbocycles. The maximum atomic E-state index is 13.6. The van der Waals surface area contributed by atoms with Crippen molar-refractivity contribution in [3.8, 4) is 17.0 Å². The van der Waals surface area contributed by atoms with Crippen LogP contribution in [0, 0.1) is 5.92 Å². The Morgan fingerprint density at radius 1 is 1.03 bits per heavy atom. The van der Waals surface area contributed by atoms with Gasteiger partial charge in [-0.25, -0.2) is 18.4 Å². The molecule has 0 radical (unpaired) electrons. The molecule has 0 saturated heterocycles. The third-order valence-electron chi connectivity index (χ3n) is 6.09. The zero-order valence-corrected chi connectivity index (χ0v) is 23.6. The Balaban J connectivity index is 1.71. The number of benzene rings is 2. The van der Waals surface area contributed by atoms with E-state index in [4.69, 9.17) is 4.74 Å². The largest absolute Gasteiger partial charge is 0.479 e. The Morgan fingerprint density at radius 2 is 1.74 bits per heavy atom. The number of sulfonamides is 1. The van der Waals surface area contributed by atoms with Crippen molar-refractivity contribution in [3.05, 3.63) is 84.3 Å². The topological polar surface area (TPSA) is 99.0 Å². The normalized spacial score (nSPS) is 12.1. The molecule has 4 rings (SSSR count). The number of ether oxygens (including phenoxy) is 1. The van der Waals surface area contributed by atoms with Crippen LogP contribution in [0.3, 0.4) is 0 Å². The number of hydrogen-bond donors (Lipinski definition) is 1. The molecule has 0 spiro atoms. The highest BCUT2D eigenvalue weighted by Gasteiger charge is 2.23. The molecular formula is C29H35N5O3S. The maximum absolute atomic E-state index is 13.6. The van der Waals surface area contributed by atoms with Crippen molar-refractivity contribution in [1.82, 2.24) is 19.5 Å². The van der Waals surface area contributed by atoms with Crippen LogP contribution < -0.4 is 9.46 Å². The summed E-state index contributed by atoms with van der Waals surface area (Å²) in [6.45, 7) is 11.4. The van der Waals surface area contributed by atoms with Crippen molar-refractivity contribution in [3.63, 3.8) is 0 Å². The molecule has 0 atom stereocenters. The van der Waals surface area contributed by atoms with Gasteiger partial charge in [0.1, 0.15) is 17.8 Å². The molecule has 1 N–H and O–H groups in total. The summed E-state index contributed by atoms with van der Waals surface area (Å²) in [4.78, 5) is 12.6. The number of hydrogen-bond acceptors (Lipinski definition) is 6. The van der Waals surface area contributed by atoms with E-state index in [9.17, 15) is 8.42 Å². The fourth-order valence-electron chi connectivity index (χ4n) is 4.45. The lowest BCUT2D eigenvalue weighted by Crippen LogP contribution is -2.19. The molecule has 0 aliphatic rings. The molecule has 0 unspecified atom stereocenters. The van der Waals surface area contributed by atoms with Gasteiger partial charge < -0.3 is 9.30 Å². The minimum atomic E-state index is -3.97. The molecule has 8 nitrogen and oxygen atoms in total. The molecule has 0 bridgehead atoms. The van der Waals surface area contributed by atoms with Crippen LogP contribution in [-0.4, -0.2) is 35.0 Å². The lowest BCUT2D eigenvalue weighted by atomic mass is 9.95. The number of nitrogens with one attached hydrogen (secondary N) is 1. The van der Waals surface area contributed by atoms with Gasteiger partial charge in [-0.2, -0.15) is 4.98 Å². The van der Waals surface area contributed by atoms with Crippen LogP contribution in [0.1, 0.15) is 51.6 Å². The van der Waals surface area contributed by atoms with E-state index in [2.05, 4.69) is 58.9 Å². The number of nitrogens with zero attached hydrogens (tertiary/aromatic N) is 4. The van der Waals surface area contributed by atoms with Crippen molar-refractivity contribution < 1.29 is 13.2 Å². The summed E-state index contributed by atoms with van der Waals surface area (Å²) in [5, 5.41) is 0. The van der Waals surface area contributed by atoms with E-state index < -0.39 is 10.0 Å². The Labute approximate surface area is 225 Å². The number of rotatable bonds is 9. The van der Waals surface area contributed by atoms with Crippen molar-refractivity contribution >= 4 is 15.7 Å². The lowest BCUT2D eigenvalue weighted by molar-refractivity contribution is 0.399. The smallest absolute Gasteiger partial charge is 0.262 e. The van der Waals surface area contributed by atoms with E-state index in [1.807, 2.05) is 48.8 Å². The van der Waals surface area contributed by atoms with Gasteiger partial charge in [0.05, 0.1) is 18.2 Å². The van der Waals surface area contributed by atoms with Gasteiger partial charge in [-0.15, -0.1) is 0 Å². The van der Waals surface area contributed by atoms with Gasteiger partial charge in [-0.3, -0.25) is 4.72 Å². The summed E-state index contributed by atoms with van der Waals surface area (Å²) in [5.41, 5.74) is 3.74. The fraction of sp³-hybridized carbons (Fsp3) is 0.345. The third-order valence-corrected chi connectivity index (χ3v) is 7.52. The first-order valence-corrected chi connectivity index (χ1v) is 14.1. The van der Waals surface area contributed by atoms with Crippen LogP contribution in [0.4, 0.5) is 5.69 Å². The maximum Gasteiger partial charge on any atom is 0.262 e. The fourth-order valence-corrected chi connectivity index (χ4v) is 5.71. The predicted octanol–water partition coefficient (Wildman–Crippen LogP) is 5.69. The lowest BCUT2D eigenvalue weighted by Gasteiger charge is -2.20. The van der Waals surface area contributed by atoms with Crippen LogP contribution in [0.5, 0.6) is 5.88 Å². The third kappa shape index (κ3) is 6.22. The molecule has 0 fully saturated rings. The SMILES string of the molecule is COc1ncncc1NS(=O)(=O)c1ccc(CC(C)C)cc1-c1ccc(Cn2ccnc2C(C)(C)C)cc1. The van der Waals surface area contributed by atoms with E-state index >= 15 is 0 Å². The summed E-state index contributed by atoms with van der Waals surface area (Å²) in [5.74, 6) is 1.60. The highest BCUT2D eigenvalue weighted by molar-refractivity contribution is 7.92. The molecule has 9 heteroatoms. The van der Waals surface area contributed by atoms with E-state index in [0.29, 0.717) is 18.0 Å². The van der Waals surface area contributed by atoms with E-state index in [-0.39, 0.29) is 21.9 Å². The van der Waals surface area contributed by atoms with Crippen LogP contribution >= 0.6 is 0 Å². The molecule has 2 heterocycles. The number of aromatic nitrogens is 4. The first kappa shape index (κ1) is 27.3. The Kier molecular flexibility index (Phi) is 7.87. The first-order valence-electron chi connectivity index (χ1n) is 12.6. The zero-order chi connectivity index (χ0) is 27.5. The summed E-state index contributed by atoms with van der Waals surface area (Å²) >= 11 is 0. The first-order chi connectivity index (χ1) is 18.0. The monoisotopic (exact) mass is 533 g/mol. The average Bonchev–Trinajstić information content (AvgIpc) is 3.33. The quantitative estimate of drug-likeness (QED) is 0.297. The Bertz CT molecular complexity index is 1500. The van der Waals surface area contributed by atoms with Crippen molar-refractivity contribution in [2.75, 3.05) is 11.8 Å². The molecule has 0 aliphatic heterocycles. The highest BCUT2D eigenvalue weighted by Crippen LogP contribution is 2.32. The Morgan fingerprint density at radius 3 is 2.39 bits per heavy atom. The van der Waals surface area contributed by atoms with Gasteiger partial charge in [-0.05, 0) is 41.2 Å². The summed E-state index contributed by atoms with van der Waals surface area (Å²) in [6, 6.07) is 13.5. The summed E-state index contributed by atoms with van der Waals surface area (Å²) in [7, 11) is -2.53. The molecule has 0 amide bonds. The van der Waals surface area contributed by atoms with Gasteiger partial charge in [0.15, 0.2) is 0 Å². The number of imidazole rings is 1. The van der Waals surface area contributed by atoms with Crippen molar-refractivity contribution in [1.29, 1.82) is 0 Å². The minimum Gasteiger partial charge on any atom is -0.479 e. The highest BCUT2D eigenvalue weighted by atomic mass is 32.2. The number of anilines is 1. The molecule has 0 aliphatic carbocycles. The molecule has 38 heavy (non-hydrogen) atoms. The minimum absolute atomic E-state index is 0.0664. The molecular weight excluding hydrogens is 498 g/mol. The predicted molar refractivity (Wildman–Crippen MR) is 150 cm³/mol. The second-order valence-corrected chi connectivity index (χ2v) is 12.5. The van der Waals surface area contributed by atoms with Crippen LogP contribution in [0.2, 0.25) is 0 Å². The van der Waals surface area contributed by atoms with Gasteiger partial charge >= 0.3 is 0 Å². The standard InChI is InChI=1S/C29H35N5O3S/c1-20(2)15-22-9-12-26(38(35,36)33-25-17-30-19-32-27(25)37-6)24(16-22)23-10-7-21(8-11-23)18-34-14-13-31-28(34)29(3,4)5/h7-14,16-17,19-20,33H,15,18H2,1-6H3. The molecule has 2 aromatic carbocycles. The van der Waals surface area contributed by atoms with Gasteiger partial charge in [0, 0.05) is 29.9 Å². The summed E-state index contributed by atoms with van der Waals surface area (Å²) in [6.07, 6.45) is 7.34. The average molecular weight is 534 g/mol. The number of methoxy groups -OCH3 is 1. The van der Waals surface area contributed by atoms with Crippen molar-refractivity contribution in [2.45, 2.75) is 57.9 Å². The Hall–Kier alpha value is -3.72. The van der Waals surface area contributed by atoms with Crippen LogP contribution in [0.25, 0.3) is 11.1 Å². The zero-order valence-electron chi connectivity index (χ0n) is 22.8. The van der Waals surface area contributed by atoms with Gasteiger partial charge in [0.2, 0.25) is 5.88 Å². The second-order valence-electron chi connectivity index (χ2n) is 10.8. The summed E-state index contributed by atoms with van der Waals surface area (Å²) < 4.78 is 37.1. The van der Waals surface area contributed by atoms with E-state index in [0.717, 1.165) is 28.9 Å². The van der Waals surface area contributed by atoms with Gasteiger partial charge in [-0.1, -0.05) is 65.0 Å². The van der Waals surface area contributed by atoms with E-state index in [1.165, 1.54) is 19.6 Å². The molecule has 2 aromatic heterocycles. The van der Waals surface area contributed by atoms with Gasteiger partial charge in [0.25, 0.3) is 10.0 Å².